The Hall–Kier alpha value is -4.33. The van der Waals surface area contributed by atoms with Crippen molar-refractivity contribution in [1.29, 1.82) is 0 Å². The number of carbonyl (C=O) groups is 3. The van der Waals surface area contributed by atoms with Crippen molar-refractivity contribution < 1.29 is 23.9 Å². The molecule has 1 saturated carbocycles. The molecule has 0 atom stereocenters. The Bertz CT molecular complexity index is 1210. The maximum atomic E-state index is 12.8. The number of amides is 3. The second kappa shape index (κ2) is 10.1. The van der Waals surface area contributed by atoms with Crippen LogP contribution in [-0.2, 0) is 4.79 Å². The van der Waals surface area contributed by atoms with E-state index in [0.29, 0.717) is 39.7 Å². The lowest BCUT2D eigenvalue weighted by atomic mass is 10.1. The van der Waals surface area contributed by atoms with E-state index < -0.39 is 0 Å². The number of ether oxygens (including phenoxy) is 2. The zero-order chi connectivity index (χ0) is 24.1. The Labute approximate surface area is 197 Å². The van der Waals surface area contributed by atoms with Crippen LogP contribution in [0.25, 0.3) is 0 Å². The Morgan fingerprint density at radius 3 is 1.68 bits per heavy atom. The first-order chi connectivity index (χ1) is 16.5. The summed E-state index contributed by atoms with van der Waals surface area (Å²) in [6.45, 7) is 0. The highest BCUT2D eigenvalue weighted by atomic mass is 16.5. The van der Waals surface area contributed by atoms with Gasteiger partial charge in [0.1, 0.15) is 11.5 Å². The third kappa shape index (κ3) is 5.35. The molecule has 0 radical (unpaired) electrons. The third-order valence-corrected chi connectivity index (χ3v) is 5.42. The first-order valence-electron chi connectivity index (χ1n) is 10.8. The fourth-order valence-corrected chi connectivity index (χ4v) is 3.37. The average molecular weight is 460 g/mol. The summed E-state index contributed by atoms with van der Waals surface area (Å²) in [4.78, 5) is 37.3. The van der Waals surface area contributed by atoms with Crippen molar-refractivity contribution in [2.75, 3.05) is 30.2 Å². The number of rotatable bonds is 8. The molecule has 3 N–H and O–H groups in total. The van der Waals surface area contributed by atoms with E-state index in [2.05, 4.69) is 16.0 Å². The number of benzene rings is 3. The van der Waals surface area contributed by atoms with Gasteiger partial charge in [-0.15, -0.1) is 0 Å². The molecule has 174 valence electrons. The molecule has 0 unspecified atom stereocenters. The van der Waals surface area contributed by atoms with E-state index >= 15 is 0 Å². The van der Waals surface area contributed by atoms with E-state index in [0.717, 1.165) is 12.8 Å². The standard InChI is InChI=1S/C26H25N3O5/c1-33-22-15-21(23(34-2)14-20(22)28-25(31)16-6-4-3-5-7-16)29-26(32)18-10-12-19(13-11-18)27-24(30)17-8-9-17/h3-7,10-15,17H,8-9H2,1-2H3,(H,27,30)(H,28,31)(H,29,32). The van der Waals surface area contributed by atoms with Crippen LogP contribution in [0.2, 0.25) is 0 Å². The maximum absolute atomic E-state index is 12.8. The summed E-state index contributed by atoms with van der Waals surface area (Å²) in [7, 11) is 2.94. The van der Waals surface area contributed by atoms with Gasteiger partial charge in [-0.2, -0.15) is 0 Å². The van der Waals surface area contributed by atoms with E-state index in [9.17, 15) is 14.4 Å². The van der Waals surface area contributed by atoms with Gasteiger partial charge in [0.25, 0.3) is 11.8 Å². The Kier molecular flexibility index (Phi) is 6.77. The predicted octanol–water partition coefficient (Wildman–Crippen LogP) is 4.56. The average Bonchev–Trinajstić information content (AvgIpc) is 3.71. The van der Waals surface area contributed by atoms with Crippen molar-refractivity contribution >= 4 is 34.8 Å². The molecule has 0 aromatic heterocycles. The quantitative estimate of drug-likeness (QED) is 0.458. The van der Waals surface area contributed by atoms with Crippen molar-refractivity contribution in [1.82, 2.24) is 0 Å². The zero-order valence-electron chi connectivity index (χ0n) is 18.9. The van der Waals surface area contributed by atoms with Crippen LogP contribution in [0, 0.1) is 5.92 Å². The number of nitrogens with one attached hydrogen (secondary N) is 3. The lowest BCUT2D eigenvalue weighted by molar-refractivity contribution is -0.117. The minimum atomic E-state index is -0.360. The van der Waals surface area contributed by atoms with Crippen LogP contribution in [-0.4, -0.2) is 31.9 Å². The molecule has 1 aliphatic carbocycles. The van der Waals surface area contributed by atoms with Crippen molar-refractivity contribution in [3.05, 3.63) is 77.9 Å². The van der Waals surface area contributed by atoms with Crippen molar-refractivity contribution in [2.45, 2.75) is 12.8 Å². The molecule has 0 spiro atoms. The molecule has 0 aliphatic heterocycles. The lowest BCUT2D eigenvalue weighted by Gasteiger charge is -2.16. The van der Waals surface area contributed by atoms with Crippen molar-refractivity contribution in [3.63, 3.8) is 0 Å². The van der Waals surface area contributed by atoms with E-state index in [1.165, 1.54) is 14.2 Å². The van der Waals surface area contributed by atoms with Crippen LogP contribution >= 0.6 is 0 Å². The summed E-state index contributed by atoms with van der Waals surface area (Å²) < 4.78 is 10.9. The summed E-state index contributed by atoms with van der Waals surface area (Å²) >= 11 is 0. The van der Waals surface area contributed by atoms with E-state index in [-0.39, 0.29) is 23.6 Å². The van der Waals surface area contributed by atoms with Crippen LogP contribution in [0.1, 0.15) is 33.6 Å². The summed E-state index contributed by atoms with van der Waals surface area (Å²) in [5, 5.41) is 8.46. The summed E-state index contributed by atoms with van der Waals surface area (Å²) in [5.74, 6) is 0.164. The Balaban J connectivity index is 1.49. The molecule has 3 amide bonds. The molecule has 1 fully saturated rings. The lowest BCUT2D eigenvalue weighted by Crippen LogP contribution is -2.15. The molecule has 0 saturated heterocycles. The zero-order valence-corrected chi connectivity index (χ0v) is 18.9. The van der Waals surface area contributed by atoms with Crippen LogP contribution in [0.4, 0.5) is 17.1 Å². The second-order valence-electron chi connectivity index (χ2n) is 7.87. The molecular weight excluding hydrogens is 434 g/mol. The fourth-order valence-electron chi connectivity index (χ4n) is 3.37. The molecule has 3 aromatic carbocycles. The Morgan fingerprint density at radius 2 is 1.21 bits per heavy atom. The molecule has 8 heteroatoms. The van der Waals surface area contributed by atoms with Gasteiger partial charge >= 0.3 is 0 Å². The monoisotopic (exact) mass is 459 g/mol. The fraction of sp³-hybridized carbons (Fsp3) is 0.192. The molecule has 34 heavy (non-hydrogen) atoms. The van der Waals surface area contributed by atoms with Gasteiger partial charge in [0.15, 0.2) is 0 Å². The molecule has 0 bridgehead atoms. The highest BCUT2D eigenvalue weighted by molar-refractivity contribution is 6.07. The normalized spacial score (nSPS) is 12.4. The third-order valence-electron chi connectivity index (χ3n) is 5.42. The van der Waals surface area contributed by atoms with Gasteiger partial charge in [0, 0.05) is 34.9 Å². The molecule has 0 heterocycles. The topological polar surface area (TPSA) is 106 Å². The second-order valence-corrected chi connectivity index (χ2v) is 7.87. The van der Waals surface area contributed by atoms with Gasteiger partial charge in [-0.05, 0) is 49.2 Å². The first-order valence-corrected chi connectivity index (χ1v) is 10.8. The van der Waals surface area contributed by atoms with Crippen LogP contribution in [0.3, 0.4) is 0 Å². The highest BCUT2D eigenvalue weighted by Gasteiger charge is 2.29. The van der Waals surface area contributed by atoms with Crippen LogP contribution in [0.15, 0.2) is 66.7 Å². The highest BCUT2D eigenvalue weighted by Crippen LogP contribution is 2.37. The summed E-state index contributed by atoms with van der Waals surface area (Å²) in [5.41, 5.74) is 2.34. The molecular formula is C26H25N3O5. The largest absolute Gasteiger partial charge is 0.494 e. The van der Waals surface area contributed by atoms with Gasteiger partial charge in [0.05, 0.1) is 25.6 Å². The summed E-state index contributed by atoms with van der Waals surface area (Å²) in [6, 6.07) is 18.6. The molecule has 3 aromatic rings. The van der Waals surface area contributed by atoms with Crippen LogP contribution < -0.4 is 25.4 Å². The van der Waals surface area contributed by atoms with Crippen LogP contribution in [0.5, 0.6) is 11.5 Å². The minimum Gasteiger partial charge on any atom is -0.494 e. The van der Waals surface area contributed by atoms with Gasteiger partial charge in [-0.3, -0.25) is 14.4 Å². The number of anilines is 3. The minimum absolute atomic E-state index is 0.00785. The van der Waals surface area contributed by atoms with Gasteiger partial charge in [-0.1, -0.05) is 18.2 Å². The SMILES string of the molecule is COc1cc(NC(=O)c2ccc(NC(=O)C3CC3)cc2)c(OC)cc1NC(=O)c1ccccc1. The Morgan fingerprint density at radius 1 is 0.706 bits per heavy atom. The first kappa shape index (κ1) is 22.8. The number of carbonyl (C=O) groups excluding carboxylic acids is 3. The van der Waals surface area contributed by atoms with Crippen molar-refractivity contribution in [3.8, 4) is 11.5 Å². The van der Waals surface area contributed by atoms with Gasteiger partial charge in [0.2, 0.25) is 5.91 Å². The van der Waals surface area contributed by atoms with Gasteiger partial charge < -0.3 is 25.4 Å². The number of methoxy groups -OCH3 is 2. The molecule has 1 aliphatic rings. The molecule has 8 nitrogen and oxygen atoms in total. The maximum Gasteiger partial charge on any atom is 0.255 e. The summed E-state index contributed by atoms with van der Waals surface area (Å²) in [6.07, 6.45) is 1.85. The van der Waals surface area contributed by atoms with E-state index in [4.69, 9.17) is 9.47 Å². The van der Waals surface area contributed by atoms with E-state index in [1.807, 2.05) is 6.07 Å². The smallest absolute Gasteiger partial charge is 0.255 e. The van der Waals surface area contributed by atoms with E-state index in [1.54, 1.807) is 60.7 Å². The number of hydrogen-bond donors (Lipinski definition) is 3. The molecule has 4 rings (SSSR count). The van der Waals surface area contributed by atoms with Gasteiger partial charge in [-0.25, -0.2) is 0 Å². The number of hydrogen-bond acceptors (Lipinski definition) is 5. The van der Waals surface area contributed by atoms with Crippen molar-refractivity contribution in [2.24, 2.45) is 5.92 Å². The predicted molar refractivity (Wildman–Crippen MR) is 130 cm³/mol.